The van der Waals surface area contributed by atoms with E-state index in [2.05, 4.69) is 29.2 Å². The molecule has 0 unspecified atom stereocenters. The molecule has 1 aromatic heterocycles. The first-order valence-electron chi connectivity index (χ1n) is 5.15. The van der Waals surface area contributed by atoms with E-state index in [0.29, 0.717) is 10.9 Å². The Bertz CT molecular complexity index is 399. The van der Waals surface area contributed by atoms with Crippen LogP contribution in [0.2, 0.25) is 0 Å². The lowest BCUT2D eigenvalue weighted by Crippen LogP contribution is -2.11. The minimum atomic E-state index is -0.488. The molecule has 3 N–H and O–H groups in total. The summed E-state index contributed by atoms with van der Waals surface area (Å²) in [5.41, 5.74) is 2.19. The van der Waals surface area contributed by atoms with Crippen molar-refractivity contribution < 1.29 is 4.92 Å². The lowest BCUT2D eigenvalue weighted by molar-refractivity contribution is -0.388. The summed E-state index contributed by atoms with van der Waals surface area (Å²) in [7, 11) is 0. The Hall–Kier alpha value is -1.41. The molecule has 0 radical (unpaired) electrons. The first kappa shape index (κ1) is 13.7. The van der Waals surface area contributed by atoms with Gasteiger partial charge in [0.05, 0.1) is 4.92 Å². The Labute approximate surface area is 103 Å². The maximum absolute atomic E-state index is 10.8. The lowest BCUT2D eigenvalue weighted by atomic mass is 10.2. The molecular weight excluding hydrogens is 242 g/mol. The van der Waals surface area contributed by atoms with Crippen LogP contribution in [-0.2, 0) is 0 Å². The van der Waals surface area contributed by atoms with Gasteiger partial charge in [-0.1, -0.05) is 25.6 Å². The average Bonchev–Trinajstić information content (AvgIpc) is 2.28. The molecule has 94 valence electrons. The van der Waals surface area contributed by atoms with Crippen LogP contribution in [-0.4, -0.2) is 20.6 Å². The van der Waals surface area contributed by atoms with Crippen LogP contribution in [0, 0.1) is 16.0 Å². The van der Waals surface area contributed by atoms with Gasteiger partial charge in [0.2, 0.25) is 5.95 Å². The molecule has 0 bridgehead atoms. The highest BCUT2D eigenvalue weighted by Gasteiger charge is 2.17. The van der Waals surface area contributed by atoms with Crippen molar-refractivity contribution in [2.45, 2.75) is 25.3 Å². The van der Waals surface area contributed by atoms with Crippen molar-refractivity contribution in [2.24, 2.45) is 11.8 Å². The van der Waals surface area contributed by atoms with Gasteiger partial charge in [-0.05, 0) is 18.1 Å². The van der Waals surface area contributed by atoms with Crippen molar-refractivity contribution in [3.63, 3.8) is 0 Å². The number of hydrogen-bond donors (Lipinski definition) is 2. The molecule has 0 aliphatic heterocycles. The maximum Gasteiger partial charge on any atom is 0.319 e. The SMILES string of the molecule is CC(C)CCSc1nc(NN)ncc1[N+](=O)[O-]. The molecular formula is C9H15N5O2S. The third kappa shape index (κ3) is 4.16. The third-order valence-electron chi connectivity index (χ3n) is 2.00. The van der Waals surface area contributed by atoms with Gasteiger partial charge in [0, 0.05) is 0 Å². The summed E-state index contributed by atoms with van der Waals surface area (Å²) in [6.45, 7) is 4.20. The monoisotopic (exact) mass is 257 g/mol. The zero-order valence-electron chi connectivity index (χ0n) is 9.71. The quantitative estimate of drug-likeness (QED) is 0.263. The Balaban J connectivity index is 2.82. The van der Waals surface area contributed by atoms with Gasteiger partial charge in [-0.25, -0.2) is 10.8 Å². The maximum atomic E-state index is 10.8. The minimum Gasteiger partial charge on any atom is -0.292 e. The second-order valence-corrected chi connectivity index (χ2v) is 4.90. The molecule has 0 spiro atoms. The summed E-state index contributed by atoms with van der Waals surface area (Å²) in [5.74, 6) is 6.68. The van der Waals surface area contributed by atoms with Gasteiger partial charge in [0.15, 0.2) is 5.03 Å². The number of thioether (sulfide) groups is 1. The molecule has 17 heavy (non-hydrogen) atoms. The summed E-state index contributed by atoms with van der Waals surface area (Å²) in [5, 5.41) is 11.1. The zero-order chi connectivity index (χ0) is 12.8. The highest BCUT2D eigenvalue weighted by atomic mass is 32.2. The molecule has 1 rings (SSSR count). The second-order valence-electron chi connectivity index (χ2n) is 3.82. The smallest absolute Gasteiger partial charge is 0.292 e. The van der Waals surface area contributed by atoms with E-state index in [1.807, 2.05) is 0 Å². The minimum absolute atomic E-state index is 0.0854. The summed E-state index contributed by atoms with van der Waals surface area (Å²) in [6, 6.07) is 0. The molecule has 0 aromatic carbocycles. The number of nitrogens with zero attached hydrogens (tertiary/aromatic N) is 3. The molecule has 0 fully saturated rings. The third-order valence-corrected chi connectivity index (χ3v) is 3.01. The molecule has 1 heterocycles. The fourth-order valence-electron chi connectivity index (χ4n) is 1.05. The zero-order valence-corrected chi connectivity index (χ0v) is 10.5. The average molecular weight is 257 g/mol. The molecule has 0 aliphatic rings. The Morgan fingerprint density at radius 3 is 2.88 bits per heavy atom. The summed E-state index contributed by atoms with van der Waals surface area (Å²) >= 11 is 1.34. The number of nitrogens with two attached hydrogens (primary N) is 1. The summed E-state index contributed by atoms with van der Waals surface area (Å²) in [6.07, 6.45) is 2.14. The van der Waals surface area contributed by atoms with Crippen LogP contribution in [0.3, 0.4) is 0 Å². The first-order chi connectivity index (χ1) is 8.04. The van der Waals surface area contributed by atoms with Gasteiger partial charge in [-0.15, -0.1) is 0 Å². The van der Waals surface area contributed by atoms with E-state index in [1.54, 1.807) is 0 Å². The number of nitrogen functional groups attached to an aromatic ring is 1. The van der Waals surface area contributed by atoms with Gasteiger partial charge < -0.3 is 0 Å². The van der Waals surface area contributed by atoms with E-state index < -0.39 is 4.92 Å². The standard InChI is InChI=1S/C9H15N5O2S/c1-6(2)3-4-17-8-7(14(15)16)5-11-9(12-8)13-10/h5-6H,3-4,10H2,1-2H3,(H,11,12,13). The van der Waals surface area contributed by atoms with Gasteiger partial charge in [-0.2, -0.15) is 4.98 Å². The highest BCUT2D eigenvalue weighted by Crippen LogP contribution is 2.28. The second kappa shape index (κ2) is 6.36. The molecule has 0 atom stereocenters. The van der Waals surface area contributed by atoms with Crippen molar-refractivity contribution >= 4 is 23.4 Å². The molecule has 0 saturated carbocycles. The number of anilines is 1. The van der Waals surface area contributed by atoms with Crippen molar-refractivity contribution in [1.29, 1.82) is 0 Å². The van der Waals surface area contributed by atoms with E-state index in [9.17, 15) is 10.1 Å². The number of nitrogens with one attached hydrogen (secondary N) is 1. The van der Waals surface area contributed by atoms with Crippen LogP contribution in [0.15, 0.2) is 11.2 Å². The number of aromatic nitrogens is 2. The number of hydrazine groups is 1. The fraction of sp³-hybridized carbons (Fsp3) is 0.556. The molecule has 1 aromatic rings. The van der Waals surface area contributed by atoms with E-state index in [-0.39, 0.29) is 11.6 Å². The predicted octanol–water partition coefficient (Wildman–Crippen LogP) is 1.81. The van der Waals surface area contributed by atoms with Crippen LogP contribution in [0.25, 0.3) is 0 Å². The van der Waals surface area contributed by atoms with E-state index in [0.717, 1.165) is 12.2 Å². The van der Waals surface area contributed by atoms with Gasteiger partial charge in [0.25, 0.3) is 0 Å². The Kier molecular flexibility index (Phi) is 5.11. The van der Waals surface area contributed by atoms with Crippen molar-refractivity contribution in [3.8, 4) is 0 Å². The molecule has 0 saturated heterocycles. The number of rotatable bonds is 6. The first-order valence-corrected chi connectivity index (χ1v) is 6.14. The summed E-state index contributed by atoms with van der Waals surface area (Å²) < 4.78 is 0. The van der Waals surface area contributed by atoms with Gasteiger partial charge in [-0.3, -0.25) is 15.5 Å². The number of hydrogen-bond acceptors (Lipinski definition) is 7. The number of nitro groups is 1. The highest BCUT2D eigenvalue weighted by molar-refractivity contribution is 7.99. The summed E-state index contributed by atoms with van der Waals surface area (Å²) in [4.78, 5) is 18.0. The largest absolute Gasteiger partial charge is 0.319 e. The van der Waals surface area contributed by atoms with Crippen LogP contribution in [0.4, 0.5) is 11.6 Å². The van der Waals surface area contributed by atoms with E-state index in [1.165, 1.54) is 18.0 Å². The lowest BCUT2D eigenvalue weighted by Gasteiger charge is -2.05. The van der Waals surface area contributed by atoms with Crippen LogP contribution < -0.4 is 11.3 Å². The molecule has 8 heteroatoms. The van der Waals surface area contributed by atoms with Crippen molar-refractivity contribution in [3.05, 3.63) is 16.3 Å². The van der Waals surface area contributed by atoms with Gasteiger partial charge >= 0.3 is 5.69 Å². The van der Waals surface area contributed by atoms with Crippen molar-refractivity contribution in [2.75, 3.05) is 11.2 Å². The molecule has 0 aliphatic carbocycles. The fourth-order valence-corrected chi connectivity index (χ4v) is 2.26. The Morgan fingerprint density at radius 2 is 2.35 bits per heavy atom. The normalized spacial score (nSPS) is 10.6. The van der Waals surface area contributed by atoms with E-state index >= 15 is 0 Å². The molecule has 7 nitrogen and oxygen atoms in total. The Morgan fingerprint density at radius 1 is 1.65 bits per heavy atom. The van der Waals surface area contributed by atoms with E-state index in [4.69, 9.17) is 5.84 Å². The van der Waals surface area contributed by atoms with Crippen LogP contribution in [0.5, 0.6) is 0 Å². The van der Waals surface area contributed by atoms with Gasteiger partial charge in [0.1, 0.15) is 6.20 Å². The van der Waals surface area contributed by atoms with Crippen LogP contribution in [0.1, 0.15) is 20.3 Å². The van der Waals surface area contributed by atoms with Crippen LogP contribution >= 0.6 is 11.8 Å². The topological polar surface area (TPSA) is 107 Å². The van der Waals surface area contributed by atoms with Crippen molar-refractivity contribution in [1.82, 2.24) is 9.97 Å². The molecule has 0 amide bonds. The predicted molar refractivity (Wildman–Crippen MR) is 66.7 cm³/mol.